The Hall–Kier alpha value is -2.62. The van der Waals surface area contributed by atoms with Crippen LogP contribution in [0.1, 0.15) is 62.4 Å². The first-order chi connectivity index (χ1) is 12.0. The average Bonchev–Trinajstić information content (AvgIpc) is 3.15. The fraction of sp³-hybridized carbons (Fsp3) is 0.333. The number of aromatic nitrogens is 2. The van der Waals surface area contributed by atoms with Gasteiger partial charge in [-0.2, -0.15) is 0 Å². The molecule has 0 amide bonds. The number of fused-ring (bicyclic) bond motifs is 2. The molecule has 25 heavy (non-hydrogen) atoms. The third-order valence-electron chi connectivity index (χ3n) is 4.55. The van der Waals surface area contributed by atoms with Crippen molar-refractivity contribution in [2.24, 2.45) is 0 Å². The lowest BCUT2D eigenvalue weighted by Crippen LogP contribution is -1.88. The van der Waals surface area contributed by atoms with Gasteiger partial charge in [-0.1, -0.05) is 39.8 Å². The molecule has 4 heteroatoms. The van der Waals surface area contributed by atoms with Crippen molar-refractivity contribution >= 4 is 22.2 Å². The topological polar surface area (TPSA) is 52.1 Å². The van der Waals surface area contributed by atoms with Crippen molar-refractivity contribution in [3.05, 3.63) is 59.3 Å². The van der Waals surface area contributed by atoms with Crippen molar-refractivity contribution in [3.63, 3.8) is 0 Å². The predicted octanol–water partition coefficient (Wildman–Crippen LogP) is 5.81. The molecule has 128 valence electrons. The Balaban J connectivity index is 1.65. The summed E-state index contributed by atoms with van der Waals surface area (Å²) in [5, 5.41) is 0. The molecule has 0 fully saturated rings. The van der Waals surface area contributed by atoms with Crippen LogP contribution in [0.2, 0.25) is 0 Å². The molecule has 0 unspecified atom stereocenters. The minimum atomic E-state index is 0.456. The molecule has 4 aromatic rings. The highest BCUT2D eigenvalue weighted by atomic mass is 16.4. The Morgan fingerprint density at radius 2 is 1.16 bits per heavy atom. The van der Waals surface area contributed by atoms with E-state index in [1.54, 1.807) is 0 Å². The molecule has 0 radical (unpaired) electrons. The number of rotatable bonds is 4. The van der Waals surface area contributed by atoms with E-state index in [1.165, 1.54) is 11.1 Å². The lowest BCUT2D eigenvalue weighted by Gasteiger charge is -2.02. The van der Waals surface area contributed by atoms with Crippen molar-refractivity contribution in [2.45, 2.75) is 46.0 Å². The van der Waals surface area contributed by atoms with Crippen LogP contribution < -0.4 is 0 Å². The Labute approximate surface area is 146 Å². The average molecular weight is 334 g/mol. The summed E-state index contributed by atoms with van der Waals surface area (Å²) in [5.74, 6) is 2.20. The van der Waals surface area contributed by atoms with Gasteiger partial charge in [-0.3, -0.25) is 0 Å². The van der Waals surface area contributed by atoms with Crippen molar-refractivity contribution in [1.29, 1.82) is 0 Å². The van der Waals surface area contributed by atoms with Gasteiger partial charge in [0.05, 0.1) is 0 Å². The Morgan fingerprint density at radius 3 is 1.56 bits per heavy atom. The van der Waals surface area contributed by atoms with E-state index in [4.69, 9.17) is 8.83 Å². The second kappa shape index (κ2) is 6.03. The van der Waals surface area contributed by atoms with Crippen molar-refractivity contribution in [2.75, 3.05) is 0 Å². The van der Waals surface area contributed by atoms with E-state index in [1.807, 2.05) is 12.1 Å². The van der Waals surface area contributed by atoms with Gasteiger partial charge >= 0.3 is 0 Å². The molecule has 2 heterocycles. The third kappa shape index (κ3) is 3.04. The first-order valence-corrected chi connectivity index (χ1v) is 8.78. The summed E-state index contributed by atoms with van der Waals surface area (Å²) in [4.78, 5) is 9.20. The van der Waals surface area contributed by atoms with E-state index in [9.17, 15) is 0 Å². The van der Waals surface area contributed by atoms with Gasteiger partial charge in [0.25, 0.3) is 0 Å². The molecule has 0 aliphatic heterocycles. The lowest BCUT2D eigenvalue weighted by molar-refractivity contribution is 0.488. The molecule has 2 aromatic heterocycles. The summed E-state index contributed by atoms with van der Waals surface area (Å²) >= 11 is 0. The third-order valence-corrected chi connectivity index (χ3v) is 4.55. The van der Waals surface area contributed by atoms with Gasteiger partial charge in [-0.25, -0.2) is 9.97 Å². The summed E-state index contributed by atoms with van der Waals surface area (Å²) in [5.41, 5.74) is 5.90. The van der Waals surface area contributed by atoms with Gasteiger partial charge in [0.2, 0.25) is 11.8 Å². The molecular weight excluding hydrogens is 312 g/mol. The molecule has 0 saturated heterocycles. The van der Waals surface area contributed by atoms with E-state index >= 15 is 0 Å². The number of hydrogen-bond donors (Lipinski definition) is 0. The molecule has 0 aliphatic carbocycles. The molecule has 0 aliphatic rings. The normalized spacial score (nSPS) is 12.1. The molecule has 0 atom stereocenters. The van der Waals surface area contributed by atoms with Crippen molar-refractivity contribution < 1.29 is 8.83 Å². The Bertz CT molecular complexity index is 957. The highest BCUT2D eigenvalue weighted by Crippen LogP contribution is 2.25. The number of oxazole rings is 2. The van der Waals surface area contributed by atoms with E-state index < -0.39 is 0 Å². The van der Waals surface area contributed by atoms with E-state index in [-0.39, 0.29) is 0 Å². The molecule has 0 N–H and O–H groups in total. The Kier molecular flexibility index (Phi) is 3.83. The van der Waals surface area contributed by atoms with Crippen LogP contribution in [0.25, 0.3) is 22.2 Å². The maximum atomic E-state index is 5.85. The molecule has 4 nitrogen and oxygen atoms in total. The van der Waals surface area contributed by atoms with E-state index in [0.717, 1.165) is 22.2 Å². The van der Waals surface area contributed by atoms with Crippen LogP contribution >= 0.6 is 0 Å². The van der Waals surface area contributed by atoms with Crippen molar-refractivity contribution in [3.8, 4) is 0 Å². The van der Waals surface area contributed by atoms with Gasteiger partial charge in [-0.15, -0.1) is 0 Å². The van der Waals surface area contributed by atoms with Gasteiger partial charge < -0.3 is 8.83 Å². The fourth-order valence-corrected chi connectivity index (χ4v) is 2.98. The molecule has 4 rings (SSSR count). The SMILES string of the molecule is CC(C)c1ccc2oc(Cc3nc4cc(C(C)C)ccc4o3)nc2c1. The van der Waals surface area contributed by atoms with E-state index in [0.29, 0.717) is 30.0 Å². The van der Waals surface area contributed by atoms with Gasteiger partial charge in [-0.05, 0) is 47.2 Å². The van der Waals surface area contributed by atoms with Crippen LogP contribution in [-0.4, -0.2) is 9.97 Å². The number of nitrogens with zero attached hydrogens (tertiary/aromatic N) is 2. The lowest BCUT2D eigenvalue weighted by atomic mass is 10.0. The van der Waals surface area contributed by atoms with Crippen LogP contribution in [0.5, 0.6) is 0 Å². The van der Waals surface area contributed by atoms with E-state index in [2.05, 4.69) is 61.9 Å². The minimum Gasteiger partial charge on any atom is -0.440 e. The molecule has 0 spiro atoms. The second-order valence-electron chi connectivity index (χ2n) is 7.16. The smallest absolute Gasteiger partial charge is 0.204 e. The van der Waals surface area contributed by atoms with Crippen LogP contribution in [0, 0.1) is 0 Å². The zero-order valence-corrected chi connectivity index (χ0v) is 15.0. The quantitative estimate of drug-likeness (QED) is 0.473. The summed E-state index contributed by atoms with van der Waals surface area (Å²) in [6, 6.07) is 12.3. The summed E-state index contributed by atoms with van der Waals surface area (Å²) in [6.45, 7) is 8.69. The summed E-state index contributed by atoms with van der Waals surface area (Å²) in [6.07, 6.45) is 0.456. The molecule has 0 saturated carbocycles. The number of hydrogen-bond acceptors (Lipinski definition) is 4. The van der Waals surface area contributed by atoms with Crippen LogP contribution in [0.4, 0.5) is 0 Å². The highest BCUT2D eigenvalue weighted by Gasteiger charge is 2.13. The highest BCUT2D eigenvalue weighted by molar-refractivity contribution is 5.74. The molecule has 0 bridgehead atoms. The van der Waals surface area contributed by atoms with Gasteiger partial charge in [0.1, 0.15) is 17.5 Å². The largest absolute Gasteiger partial charge is 0.440 e. The first-order valence-electron chi connectivity index (χ1n) is 8.78. The standard InChI is InChI=1S/C21H22N2O2/c1-12(2)14-5-7-18-16(9-14)22-20(24-18)11-21-23-17-10-15(13(3)4)6-8-19(17)25-21/h5-10,12-13H,11H2,1-4H3. The predicted molar refractivity (Wildman–Crippen MR) is 99.0 cm³/mol. The second-order valence-corrected chi connectivity index (χ2v) is 7.16. The van der Waals surface area contributed by atoms with Crippen molar-refractivity contribution in [1.82, 2.24) is 9.97 Å². The van der Waals surface area contributed by atoms with Crippen LogP contribution in [0.3, 0.4) is 0 Å². The molecule has 2 aromatic carbocycles. The summed E-state index contributed by atoms with van der Waals surface area (Å²) in [7, 11) is 0. The first kappa shape index (κ1) is 15.9. The maximum Gasteiger partial charge on any atom is 0.204 e. The number of benzene rings is 2. The monoisotopic (exact) mass is 334 g/mol. The van der Waals surface area contributed by atoms with Crippen LogP contribution in [0.15, 0.2) is 45.2 Å². The fourth-order valence-electron chi connectivity index (χ4n) is 2.98. The maximum absolute atomic E-state index is 5.85. The zero-order chi connectivity index (χ0) is 17.6. The Morgan fingerprint density at radius 1 is 0.720 bits per heavy atom. The van der Waals surface area contributed by atoms with Gasteiger partial charge in [0.15, 0.2) is 11.2 Å². The van der Waals surface area contributed by atoms with Crippen LogP contribution in [-0.2, 0) is 6.42 Å². The van der Waals surface area contributed by atoms with Gasteiger partial charge in [0, 0.05) is 0 Å². The summed E-state index contributed by atoms with van der Waals surface area (Å²) < 4.78 is 11.7. The minimum absolute atomic E-state index is 0.456. The molecular formula is C21H22N2O2. The zero-order valence-electron chi connectivity index (χ0n) is 15.0.